The van der Waals surface area contributed by atoms with Gasteiger partial charge in [-0.25, -0.2) is 0 Å². The van der Waals surface area contributed by atoms with Gasteiger partial charge in [0.2, 0.25) is 0 Å². The predicted molar refractivity (Wildman–Crippen MR) is 108 cm³/mol. The lowest BCUT2D eigenvalue weighted by molar-refractivity contribution is 0.0945. The van der Waals surface area contributed by atoms with E-state index < -0.39 is 0 Å². The topological polar surface area (TPSA) is 67.4 Å². The molecule has 0 radical (unpaired) electrons. The molecule has 0 saturated heterocycles. The number of hydrogen-bond acceptors (Lipinski definition) is 4. The molecule has 3 rings (SSSR count). The van der Waals surface area contributed by atoms with Crippen LogP contribution in [0.5, 0.6) is 5.75 Å². The molecule has 0 unspecified atom stereocenters. The van der Waals surface area contributed by atoms with E-state index in [0.29, 0.717) is 29.3 Å². The van der Waals surface area contributed by atoms with Crippen molar-refractivity contribution in [2.45, 2.75) is 6.92 Å². The number of carbonyl (C=O) groups excluding carboxylic acids is 2. The SMILES string of the molecule is Cc1ccc(OCCNC(=O)c2cccc(NC(=O)c3cccs3)c2)cc1. The molecular weight excluding hydrogens is 360 g/mol. The van der Waals surface area contributed by atoms with E-state index in [4.69, 9.17) is 4.74 Å². The standard InChI is InChI=1S/C21H20N2O3S/c1-15-7-9-18(10-8-15)26-12-11-22-20(24)16-4-2-5-17(14-16)23-21(25)19-6-3-13-27-19/h2-10,13-14H,11-12H2,1H3,(H,22,24)(H,23,25). The van der Waals surface area contributed by atoms with E-state index >= 15 is 0 Å². The van der Waals surface area contributed by atoms with Crippen LogP contribution in [0.25, 0.3) is 0 Å². The largest absolute Gasteiger partial charge is 0.492 e. The molecular formula is C21H20N2O3S. The molecule has 6 heteroatoms. The fourth-order valence-corrected chi connectivity index (χ4v) is 3.03. The number of thiophene rings is 1. The van der Waals surface area contributed by atoms with Crippen LogP contribution in [0, 0.1) is 6.92 Å². The summed E-state index contributed by atoms with van der Waals surface area (Å²) in [5, 5.41) is 7.46. The summed E-state index contributed by atoms with van der Waals surface area (Å²) >= 11 is 1.37. The van der Waals surface area contributed by atoms with E-state index in [-0.39, 0.29) is 11.8 Å². The Bertz CT molecular complexity index is 905. The average Bonchev–Trinajstić information content (AvgIpc) is 3.22. The van der Waals surface area contributed by atoms with Crippen molar-refractivity contribution in [3.05, 3.63) is 82.0 Å². The maximum absolute atomic E-state index is 12.3. The minimum atomic E-state index is -0.213. The third-order valence-corrected chi connectivity index (χ3v) is 4.67. The number of rotatable bonds is 7. The highest BCUT2D eigenvalue weighted by Crippen LogP contribution is 2.15. The molecule has 0 aliphatic rings. The average molecular weight is 380 g/mol. The van der Waals surface area contributed by atoms with Crippen LogP contribution in [0.1, 0.15) is 25.6 Å². The minimum Gasteiger partial charge on any atom is -0.492 e. The highest BCUT2D eigenvalue weighted by Gasteiger charge is 2.09. The summed E-state index contributed by atoms with van der Waals surface area (Å²) < 4.78 is 5.59. The number of amides is 2. The second kappa shape index (κ2) is 9.00. The van der Waals surface area contributed by atoms with Crippen molar-refractivity contribution in [3.63, 3.8) is 0 Å². The summed E-state index contributed by atoms with van der Waals surface area (Å²) in [6, 6.07) is 18.2. The Morgan fingerprint density at radius 3 is 2.56 bits per heavy atom. The first-order chi connectivity index (χ1) is 13.1. The van der Waals surface area contributed by atoms with Crippen LogP contribution in [0.4, 0.5) is 5.69 Å². The predicted octanol–water partition coefficient (Wildman–Crippen LogP) is 4.12. The smallest absolute Gasteiger partial charge is 0.265 e. The van der Waals surface area contributed by atoms with E-state index in [2.05, 4.69) is 10.6 Å². The molecule has 1 aromatic heterocycles. The van der Waals surface area contributed by atoms with Crippen molar-refractivity contribution in [1.82, 2.24) is 5.32 Å². The van der Waals surface area contributed by atoms with Gasteiger partial charge in [-0.1, -0.05) is 29.8 Å². The monoisotopic (exact) mass is 380 g/mol. The second-order valence-electron chi connectivity index (χ2n) is 5.93. The maximum Gasteiger partial charge on any atom is 0.265 e. The molecule has 1 heterocycles. The van der Waals surface area contributed by atoms with E-state index in [1.807, 2.05) is 42.6 Å². The summed E-state index contributed by atoms with van der Waals surface area (Å²) in [4.78, 5) is 25.0. The van der Waals surface area contributed by atoms with E-state index in [9.17, 15) is 9.59 Å². The highest BCUT2D eigenvalue weighted by atomic mass is 32.1. The van der Waals surface area contributed by atoms with Gasteiger partial charge < -0.3 is 15.4 Å². The summed E-state index contributed by atoms with van der Waals surface area (Å²) in [6.07, 6.45) is 0. The molecule has 0 atom stereocenters. The Labute approximate surface area is 162 Å². The molecule has 2 N–H and O–H groups in total. The molecule has 138 valence electrons. The second-order valence-corrected chi connectivity index (χ2v) is 6.88. The number of ether oxygens (including phenoxy) is 1. The Balaban J connectivity index is 1.49. The summed E-state index contributed by atoms with van der Waals surface area (Å²) in [6.45, 7) is 2.78. The zero-order valence-electron chi connectivity index (χ0n) is 14.9. The fourth-order valence-electron chi connectivity index (χ4n) is 2.41. The Morgan fingerprint density at radius 1 is 1.00 bits per heavy atom. The van der Waals surface area contributed by atoms with Gasteiger partial charge in [-0.3, -0.25) is 9.59 Å². The van der Waals surface area contributed by atoms with Gasteiger partial charge in [-0.15, -0.1) is 11.3 Å². The van der Waals surface area contributed by atoms with Crippen molar-refractivity contribution in [3.8, 4) is 5.75 Å². The number of nitrogens with one attached hydrogen (secondary N) is 2. The van der Waals surface area contributed by atoms with Gasteiger partial charge in [0.15, 0.2) is 0 Å². The lowest BCUT2D eigenvalue weighted by Gasteiger charge is -2.09. The first-order valence-electron chi connectivity index (χ1n) is 8.54. The molecule has 0 fully saturated rings. The molecule has 0 aliphatic heterocycles. The van der Waals surface area contributed by atoms with E-state index in [0.717, 1.165) is 5.75 Å². The number of aryl methyl sites for hydroxylation is 1. The third-order valence-electron chi connectivity index (χ3n) is 3.80. The lowest BCUT2D eigenvalue weighted by Crippen LogP contribution is -2.28. The van der Waals surface area contributed by atoms with Gasteiger partial charge in [-0.2, -0.15) is 0 Å². The van der Waals surface area contributed by atoms with Crippen LogP contribution >= 0.6 is 11.3 Å². The van der Waals surface area contributed by atoms with Crippen LogP contribution in [0.15, 0.2) is 66.0 Å². The van der Waals surface area contributed by atoms with Crippen LogP contribution in [0.3, 0.4) is 0 Å². The summed E-state index contributed by atoms with van der Waals surface area (Å²) in [5.74, 6) is 0.372. The van der Waals surface area contributed by atoms with Gasteiger partial charge in [0.05, 0.1) is 11.4 Å². The van der Waals surface area contributed by atoms with E-state index in [1.165, 1.54) is 16.9 Å². The van der Waals surface area contributed by atoms with Crippen molar-refractivity contribution in [2.75, 3.05) is 18.5 Å². The number of hydrogen-bond donors (Lipinski definition) is 2. The van der Waals surface area contributed by atoms with Gasteiger partial charge in [-0.05, 0) is 48.7 Å². The summed E-state index contributed by atoms with van der Waals surface area (Å²) in [5.41, 5.74) is 2.23. The zero-order valence-corrected chi connectivity index (χ0v) is 15.7. The number of carbonyl (C=O) groups is 2. The molecule has 27 heavy (non-hydrogen) atoms. The van der Waals surface area contributed by atoms with Crippen molar-refractivity contribution in [1.29, 1.82) is 0 Å². The summed E-state index contributed by atoms with van der Waals surface area (Å²) in [7, 11) is 0. The lowest BCUT2D eigenvalue weighted by atomic mass is 10.2. The first-order valence-corrected chi connectivity index (χ1v) is 9.42. The van der Waals surface area contributed by atoms with Crippen molar-refractivity contribution < 1.29 is 14.3 Å². The zero-order chi connectivity index (χ0) is 19.1. The molecule has 0 aliphatic carbocycles. The fraction of sp³-hybridized carbons (Fsp3) is 0.143. The quantitative estimate of drug-likeness (QED) is 0.606. The Kier molecular flexibility index (Phi) is 6.22. The molecule has 3 aromatic rings. The maximum atomic E-state index is 12.3. The van der Waals surface area contributed by atoms with Crippen molar-refractivity contribution in [2.24, 2.45) is 0 Å². The van der Waals surface area contributed by atoms with Crippen LogP contribution < -0.4 is 15.4 Å². The first kappa shape index (κ1) is 18.7. The van der Waals surface area contributed by atoms with Gasteiger partial charge in [0.25, 0.3) is 11.8 Å². The van der Waals surface area contributed by atoms with Crippen LogP contribution in [0.2, 0.25) is 0 Å². The Morgan fingerprint density at radius 2 is 1.81 bits per heavy atom. The molecule has 0 saturated carbocycles. The normalized spacial score (nSPS) is 10.3. The number of anilines is 1. The molecule has 5 nitrogen and oxygen atoms in total. The molecule has 0 bridgehead atoms. The minimum absolute atomic E-state index is 0.186. The molecule has 2 amide bonds. The van der Waals surface area contributed by atoms with Crippen molar-refractivity contribution >= 4 is 28.8 Å². The molecule has 2 aromatic carbocycles. The Hall–Kier alpha value is -3.12. The van der Waals surface area contributed by atoms with Gasteiger partial charge >= 0.3 is 0 Å². The van der Waals surface area contributed by atoms with E-state index in [1.54, 1.807) is 30.3 Å². The van der Waals surface area contributed by atoms with Crippen LogP contribution in [-0.4, -0.2) is 25.0 Å². The van der Waals surface area contributed by atoms with Gasteiger partial charge in [0.1, 0.15) is 12.4 Å². The highest BCUT2D eigenvalue weighted by molar-refractivity contribution is 7.12. The third kappa shape index (κ3) is 5.43. The number of benzene rings is 2. The van der Waals surface area contributed by atoms with Crippen LogP contribution in [-0.2, 0) is 0 Å². The van der Waals surface area contributed by atoms with Gasteiger partial charge in [0, 0.05) is 11.3 Å². The molecule has 0 spiro atoms.